The second-order valence-corrected chi connectivity index (χ2v) is 6.26. The molecule has 102 valence electrons. The molecule has 0 spiro atoms. The van der Waals surface area contributed by atoms with Crippen LogP contribution in [0.25, 0.3) is 0 Å². The summed E-state index contributed by atoms with van der Waals surface area (Å²) < 4.78 is 0. The maximum atomic E-state index is 12.6. The van der Waals surface area contributed by atoms with Gasteiger partial charge < -0.3 is 5.11 Å². The molecule has 1 unspecified atom stereocenters. The lowest BCUT2D eigenvalue weighted by Gasteiger charge is -2.03. The standard InChI is InChI=1S/C16H14O3S/c1-9-13(14(17)10-5-3-2-4-6-10)11-7-8-12(16(18)19)15(11)20-9/h2-6,12H,7-8H2,1H3,(H,18,19). The Hall–Kier alpha value is -1.94. The van der Waals surface area contributed by atoms with Gasteiger partial charge in [0.15, 0.2) is 5.78 Å². The lowest BCUT2D eigenvalue weighted by molar-refractivity contribution is -0.138. The van der Waals surface area contributed by atoms with E-state index in [9.17, 15) is 14.7 Å². The first-order valence-electron chi connectivity index (χ1n) is 6.54. The highest BCUT2D eigenvalue weighted by Gasteiger charge is 2.35. The van der Waals surface area contributed by atoms with Crippen molar-refractivity contribution in [1.29, 1.82) is 0 Å². The van der Waals surface area contributed by atoms with Crippen LogP contribution < -0.4 is 0 Å². The molecule has 1 aliphatic rings. The van der Waals surface area contributed by atoms with E-state index >= 15 is 0 Å². The minimum Gasteiger partial charge on any atom is -0.481 e. The van der Waals surface area contributed by atoms with Crippen LogP contribution in [0.1, 0.15) is 43.6 Å². The average Bonchev–Trinajstić information content (AvgIpc) is 2.96. The smallest absolute Gasteiger partial charge is 0.311 e. The number of ketones is 1. The van der Waals surface area contributed by atoms with Crippen LogP contribution in [0.2, 0.25) is 0 Å². The van der Waals surface area contributed by atoms with E-state index in [-0.39, 0.29) is 5.78 Å². The van der Waals surface area contributed by atoms with Crippen molar-refractivity contribution in [3.63, 3.8) is 0 Å². The molecule has 1 atom stereocenters. The SMILES string of the molecule is Cc1sc2c(c1C(=O)c1ccccc1)CCC2C(=O)O. The summed E-state index contributed by atoms with van der Waals surface area (Å²) in [5, 5.41) is 9.24. The van der Waals surface area contributed by atoms with Crippen LogP contribution >= 0.6 is 11.3 Å². The molecule has 0 saturated carbocycles. The third-order valence-electron chi connectivity index (χ3n) is 3.77. The van der Waals surface area contributed by atoms with Crippen LogP contribution in [0.5, 0.6) is 0 Å². The van der Waals surface area contributed by atoms with Crippen LogP contribution in [0.15, 0.2) is 30.3 Å². The maximum absolute atomic E-state index is 12.6. The lowest BCUT2D eigenvalue weighted by Crippen LogP contribution is -2.06. The van der Waals surface area contributed by atoms with Crippen LogP contribution in [0, 0.1) is 6.92 Å². The minimum absolute atomic E-state index is 0.00615. The molecule has 0 fully saturated rings. The number of carbonyl (C=O) groups is 2. The topological polar surface area (TPSA) is 54.4 Å². The predicted molar refractivity (Wildman–Crippen MR) is 77.6 cm³/mol. The quantitative estimate of drug-likeness (QED) is 0.880. The fourth-order valence-corrected chi connectivity index (χ4v) is 4.17. The largest absolute Gasteiger partial charge is 0.481 e. The van der Waals surface area contributed by atoms with Gasteiger partial charge in [0.1, 0.15) is 0 Å². The van der Waals surface area contributed by atoms with Gasteiger partial charge in [0.2, 0.25) is 0 Å². The number of carboxylic acid groups (broad SMARTS) is 1. The van der Waals surface area contributed by atoms with Crippen LogP contribution in [0.3, 0.4) is 0 Å². The fraction of sp³-hybridized carbons (Fsp3) is 0.250. The second-order valence-electron chi connectivity index (χ2n) is 5.00. The summed E-state index contributed by atoms with van der Waals surface area (Å²) in [5.74, 6) is -1.22. The van der Waals surface area contributed by atoms with Crippen LogP contribution in [0.4, 0.5) is 0 Å². The van der Waals surface area contributed by atoms with E-state index in [2.05, 4.69) is 0 Å². The summed E-state index contributed by atoms with van der Waals surface area (Å²) >= 11 is 1.46. The summed E-state index contributed by atoms with van der Waals surface area (Å²) in [7, 11) is 0. The summed E-state index contributed by atoms with van der Waals surface area (Å²) in [6.45, 7) is 1.90. The Morgan fingerprint density at radius 2 is 1.95 bits per heavy atom. The molecular formula is C16H14O3S. The number of rotatable bonds is 3. The van der Waals surface area contributed by atoms with Gasteiger partial charge in [0, 0.05) is 20.9 Å². The molecule has 0 amide bonds. The molecule has 0 bridgehead atoms. The number of aryl methyl sites for hydroxylation is 1. The number of hydrogen-bond acceptors (Lipinski definition) is 3. The van der Waals surface area contributed by atoms with E-state index < -0.39 is 11.9 Å². The zero-order chi connectivity index (χ0) is 14.3. The van der Waals surface area contributed by atoms with Gasteiger partial charge in [-0.15, -0.1) is 11.3 Å². The normalized spacial score (nSPS) is 16.9. The van der Waals surface area contributed by atoms with Crippen molar-refractivity contribution < 1.29 is 14.7 Å². The molecule has 1 aromatic heterocycles. The Balaban J connectivity index is 2.07. The Morgan fingerprint density at radius 3 is 2.60 bits per heavy atom. The first-order valence-corrected chi connectivity index (χ1v) is 7.36. The Morgan fingerprint density at radius 1 is 1.25 bits per heavy atom. The van der Waals surface area contributed by atoms with E-state index in [1.54, 1.807) is 12.1 Å². The highest BCUT2D eigenvalue weighted by molar-refractivity contribution is 7.12. The van der Waals surface area contributed by atoms with Crippen molar-refractivity contribution in [2.24, 2.45) is 0 Å². The van der Waals surface area contributed by atoms with Gasteiger partial charge in [-0.3, -0.25) is 9.59 Å². The second kappa shape index (κ2) is 4.87. The molecule has 1 aliphatic carbocycles. The zero-order valence-corrected chi connectivity index (χ0v) is 11.9. The first-order chi connectivity index (χ1) is 9.59. The van der Waals surface area contributed by atoms with Crippen molar-refractivity contribution >= 4 is 23.1 Å². The highest BCUT2D eigenvalue weighted by atomic mass is 32.1. The number of thiophene rings is 1. The van der Waals surface area contributed by atoms with Crippen molar-refractivity contribution in [1.82, 2.24) is 0 Å². The van der Waals surface area contributed by atoms with Crippen LogP contribution in [-0.2, 0) is 11.2 Å². The molecule has 0 aliphatic heterocycles. The van der Waals surface area contributed by atoms with E-state index in [0.29, 0.717) is 18.4 Å². The molecular weight excluding hydrogens is 272 g/mol. The number of hydrogen-bond donors (Lipinski definition) is 1. The van der Waals surface area contributed by atoms with Gasteiger partial charge in [-0.25, -0.2) is 0 Å². The van der Waals surface area contributed by atoms with Gasteiger partial charge in [-0.2, -0.15) is 0 Å². The van der Waals surface area contributed by atoms with Gasteiger partial charge in [-0.05, 0) is 25.3 Å². The third-order valence-corrected chi connectivity index (χ3v) is 5.04. The molecule has 1 heterocycles. The number of carbonyl (C=O) groups excluding carboxylic acids is 1. The third kappa shape index (κ3) is 1.96. The Kier molecular flexibility index (Phi) is 3.18. The maximum Gasteiger partial charge on any atom is 0.311 e. The molecule has 0 radical (unpaired) electrons. The summed E-state index contributed by atoms with van der Waals surface area (Å²) in [6, 6.07) is 9.16. The summed E-state index contributed by atoms with van der Waals surface area (Å²) in [5.41, 5.74) is 2.34. The summed E-state index contributed by atoms with van der Waals surface area (Å²) in [6.07, 6.45) is 1.29. The fourth-order valence-electron chi connectivity index (χ4n) is 2.83. The van der Waals surface area contributed by atoms with Crippen molar-refractivity contribution in [2.75, 3.05) is 0 Å². The average molecular weight is 286 g/mol. The number of carboxylic acids is 1. The van der Waals surface area contributed by atoms with Gasteiger partial charge in [0.05, 0.1) is 5.92 Å². The van der Waals surface area contributed by atoms with Crippen molar-refractivity contribution in [2.45, 2.75) is 25.7 Å². The number of benzene rings is 1. The lowest BCUT2D eigenvalue weighted by atomic mass is 9.99. The molecule has 1 N–H and O–H groups in total. The molecule has 3 rings (SSSR count). The van der Waals surface area contributed by atoms with Gasteiger partial charge in [-0.1, -0.05) is 30.3 Å². The molecule has 20 heavy (non-hydrogen) atoms. The molecule has 0 saturated heterocycles. The van der Waals surface area contributed by atoms with E-state index in [0.717, 1.165) is 20.9 Å². The van der Waals surface area contributed by atoms with Crippen LogP contribution in [-0.4, -0.2) is 16.9 Å². The number of aliphatic carboxylic acids is 1. The van der Waals surface area contributed by atoms with E-state index in [4.69, 9.17) is 0 Å². The monoisotopic (exact) mass is 286 g/mol. The van der Waals surface area contributed by atoms with Crippen molar-refractivity contribution in [3.8, 4) is 0 Å². The van der Waals surface area contributed by atoms with Crippen molar-refractivity contribution in [3.05, 3.63) is 56.8 Å². The highest BCUT2D eigenvalue weighted by Crippen LogP contribution is 2.43. The van der Waals surface area contributed by atoms with Gasteiger partial charge in [0.25, 0.3) is 0 Å². The Bertz CT molecular complexity index is 685. The molecule has 2 aromatic rings. The Labute approximate surface area is 120 Å². The van der Waals surface area contributed by atoms with Gasteiger partial charge >= 0.3 is 5.97 Å². The molecule has 1 aromatic carbocycles. The van der Waals surface area contributed by atoms with E-state index in [1.165, 1.54) is 11.3 Å². The molecule has 3 nitrogen and oxygen atoms in total. The molecule has 4 heteroatoms. The minimum atomic E-state index is -0.788. The first kappa shape index (κ1) is 13.1. The number of fused-ring (bicyclic) bond motifs is 1. The predicted octanol–water partition coefficient (Wildman–Crippen LogP) is 3.40. The van der Waals surface area contributed by atoms with E-state index in [1.807, 2.05) is 25.1 Å². The zero-order valence-electron chi connectivity index (χ0n) is 11.1. The summed E-state index contributed by atoms with van der Waals surface area (Å²) in [4.78, 5) is 25.7.